The number of likely N-dealkylation sites (tertiary alicyclic amines) is 1. The van der Waals surface area contributed by atoms with Crippen LogP contribution in [0.5, 0.6) is 5.75 Å². The Bertz CT molecular complexity index is 1290. The lowest BCUT2D eigenvalue weighted by Gasteiger charge is -2.31. The number of pyridine rings is 1. The second kappa shape index (κ2) is 11.1. The third-order valence-electron chi connectivity index (χ3n) is 9.29. The molecule has 6 rings (SSSR count). The van der Waals surface area contributed by atoms with E-state index in [1.54, 1.807) is 23.2 Å². The number of nitrogens with zero attached hydrogens (tertiary/aromatic N) is 2. The first kappa shape index (κ1) is 26.0. The Kier molecular flexibility index (Phi) is 7.39. The van der Waals surface area contributed by atoms with Crippen molar-refractivity contribution >= 4 is 23.5 Å². The van der Waals surface area contributed by atoms with Gasteiger partial charge in [-0.2, -0.15) is 0 Å². The summed E-state index contributed by atoms with van der Waals surface area (Å²) in [5.74, 6) is -0.137. The van der Waals surface area contributed by atoms with Crippen molar-refractivity contribution < 1.29 is 19.4 Å². The predicted octanol–water partition coefficient (Wildman–Crippen LogP) is 6.17. The van der Waals surface area contributed by atoms with Gasteiger partial charge in [-0.1, -0.05) is 50.0 Å². The summed E-state index contributed by atoms with van der Waals surface area (Å²) in [6.07, 6.45) is 12.2. The van der Waals surface area contributed by atoms with Crippen LogP contribution in [-0.2, 0) is 14.3 Å². The number of carbonyl (C=O) groups excluding carboxylic acids is 2. The van der Waals surface area contributed by atoms with Gasteiger partial charge < -0.3 is 9.84 Å². The number of hydrogen-bond acceptors (Lipinski definition) is 5. The summed E-state index contributed by atoms with van der Waals surface area (Å²) >= 11 is 0. The Hall–Kier alpha value is -3.25. The summed E-state index contributed by atoms with van der Waals surface area (Å²) in [5.41, 5.74) is 5.50. The van der Waals surface area contributed by atoms with Crippen LogP contribution in [0.3, 0.4) is 0 Å². The zero-order valence-electron chi connectivity index (χ0n) is 22.7. The van der Waals surface area contributed by atoms with Crippen molar-refractivity contribution in [1.29, 1.82) is 0 Å². The lowest BCUT2D eigenvalue weighted by Crippen LogP contribution is -2.42. The summed E-state index contributed by atoms with van der Waals surface area (Å²) < 4.78 is 6.43. The van der Waals surface area contributed by atoms with Gasteiger partial charge in [-0.25, -0.2) is 0 Å². The molecular formula is C33H38N2O4. The molecule has 39 heavy (non-hydrogen) atoms. The Labute approximate surface area is 230 Å². The first-order valence-corrected chi connectivity index (χ1v) is 14.7. The Morgan fingerprint density at radius 2 is 1.92 bits per heavy atom. The highest BCUT2D eigenvalue weighted by Crippen LogP contribution is 2.51. The van der Waals surface area contributed by atoms with Gasteiger partial charge in [0.25, 0.3) is 0 Å². The zero-order valence-corrected chi connectivity index (χ0v) is 22.7. The highest BCUT2D eigenvalue weighted by atomic mass is 16.5. The second-order valence-corrected chi connectivity index (χ2v) is 11.5. The Morgan fingerprint density at radius 1 is 1.08 bits per heavy atom. The molecule has 3 fully saturated rings. The number of hydrogen-bond donors (Lipinski definition) is 1. The third-order valence-corrected chi connectivity index (χ3v) is 9.29. The average molecular weight is 527 g/mol. The molecule has 4 atom stereocenters. The van der Waals surface area contributed by atoms with Crippen LogP contribution in [-0.4, -0.2) is 45.6 Å². The Balaban J connectivity index is 1.24. The minimum Gasteiger partial charge on any atom is -0.508 e. The molecule has 4 aliphatic rings. The zero-order chi connectivity index (χ0) is 26.9. The van der Waals surface area contributed by atoms with Crippen LogP contribution in [0.15, 0.2) is 59.8 Å². The van der Waals surface area contributed by atoms with E-state index in [1.165, 1.54) is 17.6 Å². The number of benzene rings is 1. The average Bonchev–Trinajstić information content (AvgIpc) is 3.49. The van der Waals surface area contributed by atoms with E-state index in [2.05, 4.69) is 18.0 Å². The maximum Gasteiger partial charge on any atom is 0.234 e. The van der Waals surface area contributed by atoms with E-state index in [4.69, 9.17) is 4.74 Å². The van der Waals surface area contributed by atoms with Gasteiger partial charge in [0.2, 0.25) is 11.8 Å². The lowest BCUT2D eigenvalue weighted by molar-refractivity contribution is -0.143. The molecule has 6 nitrogen and oxygen atoms in total. The van der Waals surface area contributed by atoms with Crippen LogP contribution < -0.4 is 0 Å². The summed E-state index contributed by atoms with van der Waals surface area (Å²) in [4.78, 5) is 33.6. The van der Waals surface area contributed by atoms with Crippen LogP contribution in [0.2, 0.25) is 0 Å². The fraction of sp³-hybridized carbons (Fsp3) is 0.485. The van der Waals surface area contributed by atoms with Crippen molar-refractivity contribution in [3.8, 4) is 5.75 Å². The molecule has 1 aromatic carbocycles. The van der Waals surface area contributed by atoms with Crippen molar-refractivity contribution in [3.63, 3.8) is 0 Å². The first-order chi connectivity index (χ1) is 19.0. The van der Waals surface area contributed by atoms with Crippen LogP contribution in [0.25, 0.3) is 11.6 Å². The summed E-state index contributed by atoms with van der Waals surface area (Å²) in [5, 5.41) is 9.98. The van der Waals surface area contributed by atoms with E-state index in [-0.39, 0.29) is 47.5 Å². The number of ether oxygens (including phenoxy) is 1. The molecule has 1 N–H and O–H groups in total. The van der Waals surface area contributed by atoms with E-state index in [0.29, 0.717) is 13.0 Å². The van der Waals surface area contributed by atoms with Crippen LogP contribution in [0.4, 0.5) is 0 Å². The van der Waals surface area contributed by atoms with Gasteiger partial charge in [-0.15, -0.1) is 0 Å². The number of allylic oxidation sites excluding steroid dienone is 2. The number of amides is 2. The lowest BCUT2D eigenvalue weighted by atomic mass is 9.69. The van der Waals surface area contributed by atoms with Gasteiger partial charge >= 0.3 is 0 Å². The van der Waals surface area contributed by atoms with Crippen LogP contribution >= 0.6 is 0 Å². The highest BCUT2D eigenvalue weighted by Gasteiger charge is 2.57. The topological polar surface area (TPSA) is 79.7 Å². The molecule has 2 saturated heterocycles. The molecule has 6 heteroatoms. The number of rotatable bonds is 7. The monoisotopic (exact) mass is 526 g/mol. The molecule has 1 saturated carbocycles. The molecule has 0 radical (unpaired) electrons. The molecule has 0 spiro atoms. The molecule has 2 aliphatic carbocycles. The van der Waals surface area contributed by atoms with Crippen molar-refractivity contribution in [1.82, 2.24) is 9.88 Å². The van der Waals surface area contributed by atoms with Crippen molar-refractivity contribution in [3.05, 3.63) is 71.1 Å². The van der Waals surface area contributed by atoms with Crippen molar-refractivity contribution in [2.45, 2.75) is 76.9 Å². The van der Waals surface area contributed by atoms with E-state index in [1.807, 2.05) is 30.3 Å². The van der Waals surface area contributed by atoms with Gasteiger partial charge in [0.15, 0.2) is 0 Å². The maximum atomic E-state index is 13.8. The number of carbonyl (C=O) groups is 2. The molecule has 0 unspecified atom stereocenters. The molecule has 1 aromatic heterocycles. The molecule has 2 amide bonds. The third kappa shape index (κ3) is 4.95. The minimum atomic E-state index is -0.271. The van der Waals surface area contributed by atoms with E-state index in [0.717, 1.165) is 61.8 Å². The second-order valence-electron chi connectivity index (χ2n) is 11.5. The standard InChI is InChI=1S/C33H38N2O4/c1-2-22-19-26-31(33(38)35(32(26)37)24-10-4-3-5-11-24)27-20-39-29(30(22)27)15-14-23(28-13-6-7-16-34-28)17-21-9-8-12-25(36)18-21/h6-9,12-13,16-18,24,26-27,29,31,36H,2-5,10-11,14-15,19-20H2,1H3/b23-17-/t26-,27+,29-,31-/m1/s1. The Morgan fingerprint density at radius 3 is 2.67 bits per heavy atom. The van der Waals surface area contributed by atoms with E-state index >= 15 is 0 Å². The molecular weight excluding hydrogens is 488 g/mol. The van der Waals surface area contributed by atoms with Gasteiger partial charge in [-0.05, 0) is 85.6 Å². The number of imide groups is 1. The van der Waals surface area contributed by atoms with Gasteiger partial charge in [0, 0.05) is 18.2 Å². The van der Waals surface area contributed by atoms with Gasteiger partial charge in [0.1, 0.15) is 5.75 Å². The number of phenols is 1. The van der Waals surface area contributed by atoms with Gasteiger partial charge in [-0.3, -0.25) is 19.5 Å². The molecule has 0 bridgehead atoms. The molecule has 2 aliphatic heterocycles. The first-order valence-electron chi connectivity index (χ1n) is 14.7. The number of aromatic nitrogens is 1. The summed E-state index contributed by atoms with van der Waals surface area (Å²) in [6.45, 7) is 2.67. The van der Waals surface area contributed by atoms with Gasteiger partial charge in [0.05, 0.1) is 30.2 Å². The number of phenolic OH excluding ortho intramolecular Hbond substituents is 1. The SMILES string of the molecule is CCC1=C2[C@@H](CC/C(=C/c3cccc(O)c3)c3ccccn3)OC[C@@H]2[C@@H]2C(=O)N(C3CCCCC3)C(=O)[C@@H]2C1. The molecule has 204 valence electrons. The number of fused-ring (bicyclic) bond motifs is 3. The highest BCUT2D eigenvalue weighted by molar-refractivity contribution is 6.06. The fourth-order valence-corrected chi connectivity index (χ4v) is 7.46. The predicted molar refractivity (Wildman–Crippen MR) is 150 cm³/mol. The fourth-order valence-electron chi connectivity index (χ4n) is 7.46. The summed E-state index contributed by atoms with van der Waals surface area (Å²) in [6, 6.07) is 13.2. The minimum absolute atomic E-state index is 0.00194. The number of aromatic hydroxyl groups is 1. The van der Waals surface area contributed by atoms with Crippen LogP contribution in [0, 0.1) is 17.8 Å². The normalized spacial score (nSPS) is 27.7. The van der Waals surface area contributed by atoms with Crippen molar-refractivity contribution in [2.24, 2.45) is 17.8 Å². The smallest absolute Gasteiger partial charge is 0.234 e. The largest absolute Gasteiger partial charge is 0.508 e. The van der Waals surface area contributed by atoms with Crippen molar-refractivity contribution in [2.75, 3.05) is 6.61 Å². The summed E-state index contributed by atoms with van der Waals surface area (Å²) in [7, 11) is 0. The van der Waals surface area contributed by atoms with E-state index in [9.17, 15) is 14.7 Å². The quantitative estimate of drug-likeness (QED) is 0.345. The molecule has 3 heterocycles. The van der Waals surface area contributed by atoms with Crippen LogP contribution in [0.1, 0.15) is 76.0 Å². The maximum absolute atomic E-state index is 13.8. The molecule has 2 aromatic rings. The van der Waals surface area contributed by atoms with E-state index < -0.39 is 0 Å².